The smallest absolute Gasteiger partial charge is 0.231 e. The Kier molecular flexibility index (Phi) is 3.26. The highest BCUT2D eigenvalue weighted by atomic mass is 16.7. The molecule has 0 spiro atoms. The largest absolute Gasteiger partial charge is 0.493 e. The lowest BCUT2D eigenvalue weighted by molar-refractivity contribution is 0.0960. The van der Waals surface area contributed by atoms with E-state index in [1.165, 1.54) is 0 Å². The molecule has 1 unspecified atom stereocenters. The third-order valence-electron chi connectivity index (χ3n) is 5.35. The van der Waals surface area contributed by atoms with Crippen LogP contribution in [0.5, 0.6) is 17.2 Å². The van der Waals surface area contributed by atoms with Gasteiger partial charge in [-0.3, -0.25) is 4.79 Å². The first-order valence-corrected chi connectivity index (χ1v) is 8.67. The summed E-state index contributed by atoms with van der Waals surface area (Å²) < 4.78 is 22.5. The highest BCUT2D eigenvalue weighted by molar-refractivity contribution is 6.00. The zero-order valence-corrected chi connectivity index (χ0v) is 14.6. The van der Waals surface area contributed by atoms with Crippen LogP contribution >= 0.6 is 0 Å². The zero-order valence-electron chi connectivity index (χ0n) is 14.6. The lowest BCUT2D eigenvalue weighted by Crippen LogP contribution is -2.18. The summed E-state index contributed by atoms with van der Waals surface area (Å²) >= 11 is 0. The number of methoxy groups -OCH3 is 1. The van der Waals surface area contributed by atoms with E-state index in [1.807, 2.05) is 37.3 Å². The van der Waals surface area contributed by atoms with Gasteiger partial charge in [-0.2, -0.15) is 0 Å². The zero-order chi connectivity index (χ0) is 17.8. The number of furan rings is 1. The van der Waals surface area contributed by atoms with E-state index in [1.54, 1.807) is 7.11 Å². The molecule has 0 radical (unpaired) electrons. The van der Waals surface area contributed by atoms with Gasteiger partial charge in [0, 0.05) is 23.3 Å². The second-order valence-electron chi connectivity index (χ2n) is 6.82. The molecule has 5 heteroatoms. The van der Waals surface area contributed by atoms with Gasteiger partial charge in [-0.1, -0.05) is 12.1 Å². The minimum absolute atomic E-state index is 0.00692. The minimum Gasteiger partial charge on any atom is -0.493 e. The third kappa shape index (κ3) is 2.13. The van der Waals surface area contributed by atoms with Gasteiger partial charge >= 0.3 is 0 Å². The van der Waals surface area contributed by atoms with Crippen LogP contribution in [0.4, 0.5) is 0 Å². The second-order valence-corrected chi connectivity index (χ2v) is 6.82. The first kappa shape index (κ1) is 15.3. The lowest BCUT2D eigenvalue weighted by atomic mass is 9.80. The average Bonchev–Trinajstić information content (AvgIpc) is 3.24. The minimum atomic E-state index is 0.00692. The van der Waals surface area contributed by atoms with Crippen molar-refractivity contribution in [1.82, 2.24) is 0 Å². The van der Waals surface area contributed by atoms with Crippen molar-refractivity contribution in [3.63, 3.8) is 0 Å². The molecule has 0 amide bonds. The average molecular weight is 350 g/mol. The van der Waals surface area contributed by atoms with Gasteiger partial charge in [0.15, 0.2) is 28.6 Å². The molecule has 0 saturated heterocycles. The number of aryl methyl sites for hydroxylation is 1. The van der Waals surface area contributed by atoms with Gasteiger partial charge in [0.05, 0.1) is 7.11 Å². The van der Waals surface area contributed by atoms with Crippen molar-refractivity contribution in [1.29, 1.82) is 0 Å². The molecule has 3 aromatic rings. The number of hydrogen-bond acceptors (Lipinski definition) is 5. The third-order valence-corrected chi connectivity index (χ3v) is 5.35. The van der Waals surface area contributed by atoms with Gasteiger partial charge in [0.1, 0.15) is 5.76 Å². The number of carbonyl (C=O) groups is 1. The predicted octanol–water partition coefficient (Wildman–Crippen LogP) is 4.39. The fraction of sp³-hybridized carbons (Fsp3) is 0.286. The molecule has 0 fully saturated rings. The molecule has 2 aromatic carbocycles. The van der Waals surface area contributed by atoms with E-state index >= 15 is 0 Å². The molecule has 1 aromatic heterocycles. The molecule has 2 aliphatic rings. The Labute approximate surface area is 150 Å². The van der Waals surface area contributed by atoms with Crippen molar-refractivity contribution < 1.29 is 23.4 Å². The molecule has 1 aliphatic heterocycles. The highest BCUT2D eigenvalue weighted by Gasteiger charge is 2.32. The molecule has 26 heavy (non-hydrogen) atoms. The normalized spacial score (nSPS) is 18.2. The molecular weight excluding hydrogens is 332 g/mol. The van der Waals surface area contributed by atoms with Crippen LogP contribution in [0, 0.1) is 6.92 Å². The van der Waals surface area contributed by atoms with Crippen molar-refractivity contribution in [2.24, 2.45) is 0 Å². The standard InChI is InChI=1S/C21H18O5/c1-11-14-4-3-5-17(23-2)21(14)26-20(11)13-6-12-8-18-19(25-10-24-18)9-15(12)16(22)7-13/h3-5,8-9,13H,6-7,10H2,1-2H3. The molecule has 5 rings (SSSR count). The first-order valence-electron chi connectivity index (χ1n) is 8.67. The fourth-order valence-electron chi connectivity index (χ4n) is 4.06. The monoisotopic (exact) mass is 350 g/mol. The van der Waals surface area contributed by atoms with E-state index in [9.17, 15) is 4.79 Å². The maximum absolute atomic E-state index is 12.8. The van der Waals surface area contributed by atoms with Gasteiger partial charge in [0.2, 0.25) is 6.79 Å². The summed E-state index contributed by atoms with van der Waals surface area (Å²) in [4.78, 5) is 12.8. The van der Waals surface area contributed by atoms with Crippen LogP contribution in [0.1, 0.15) is 39.6 Å². The summed E-state index contributed by atoms with van der Waals surface area (Å²) in [5.74, 6) is 3.05. The molecule has 1 atom stereocenters. The number of fused-ring (bicyclic) bond motifs is 3. The predicted molar refractivity (Wildman–Crippen MR) is 95.5 cm³/mol. The molecule has 2 heterocycles. The van der Waals surface area contributed by atoms with Crippen LogP contribution in [-0.4, -0.2) is 19.7 Å². The quantitative estimate of drug-likeness (QED) is 0.686. The van der Waals surface area contributed by atoms with Gasteiger partial charge in [-0.25, -0.2) is 0 Å². The Morgan fingerprint density at radius 2 is 1.92 bits per heavy atom. The fourth-order valence-corrected chi connectivity index (χ4v) is 4.06. The van der Waals surface area contributed by atoms with E-state index in [4.69, 9.17) is 18.6 Å². The number of benzene rings is 2. The van der Waals surface area contributed by atoms with E-state index in [-0.39, 0.29) is 18.5 Å². The molecule has 132 valence electrons. The van der Waals surface area contributed by atoms with Crippen LogP contribution in [0.3, 0.4) is 0 Å². The van der Waals surface area contributed by atoms with Crippen LogP contribution < -0.4 is 14.2 Å². The van der Waals surface area contributed by atoms with Crippen LogP contribution in [0.2, 0.25) is 0 Å². The molecule has 1 aliphatic carbocycles. The summed E-state index contributed by atoms with van der Waals surface area (Å²) in [6.07, 6.45) is 1.16. The van der Waals surface area contributed by atoms with Crippen molar-refractivity contribution in [2.75, 3.05) is 13.9 Å². The number of ketones is 1. The highest BCUT2D eigenvalue weighted by Crippen LogP contribution is 2.43. The van der Waals surface area contributed by atoms with E-state index in [0.717, 1.165) is 39.8 Å². The topological polar surface area (TPSA) is 57.9 Å². The molecule has 0 saturated carbocycles. The second kappa shape index (κ2) is 5.53. The summed E-state index contributed by atoms with van der Waals surface area (Å²) in [6, 6.07) is 9.61. The van der Waals surface area contributed by atoms with Crippen LogP contribution in [0.25, 0.3) is 11.0 Å². The van der Waals surface area contributed by atoms with E-state index in [0.29, 0.717) is 23.7 Å². The maximum Gasteiger partial charge on any atom is 0.231 e. The summed E-state index contributed by atoms with van der Waals surface area (Å²) in [6.45, 7) is 2.25. The Morgan fingerprint density at radius 1 is 1.12 bits per heavy atom. The number of carbonyl (C=O) groups excluding carboxylic acids is 1. The Hall–Kier alpha value is -2.95. The number of ether oxygens (including phenoxy) is 3. The van der Waals surface area contributed by atoms with Crippen molar-refractivity contribution in [3.8, 4) is 17.2 Å². The number of Topliss-reactive ketones (excluding diaryl/α,β-unsaturated/α-hetero) is 1. The number of hydrogen-bond donors (Lipinski definition) is 0. The van der Waals surface area contributed by atoms with E-state index in [2.05, 4.69) is 0 Å². The lowest BCUT2D eigenvalue weighted by Gasteiger charge is -2.23. The maximum atomic E-state index is 12.8. The Balaban J connectivity index is 1.59. The van der Waals surface area contributed by atoms with Crippen LogP contribution in [0.15, 0.2) is 34.7 Å². The summed E-state index contributed by atoms with van der Waals surface area (Å²) in [5, 5.41) is 1.03. The SMILES string of the molecule is COc1cccc2c(C)c(C3CC(=O)c4cc5c(cc4C3)OCO5)oc12. The van der Waals surface area contributed by atoms with Gasteiger partial charge in [-0.05, 0) is 42.7 Å². The summed E-state index contributed by atoms with van der Waals surface area (Å²) in [7, 11) is 1.63. The summed E-state index contributed by atoms with van der Waals surface area (Å²) in [5.41, 5.74) is 3.53. The van der Waals surface area contributed by atoms with E-state index < -0.39 is 0 Å². The Bertz CT molecular complexity index is 1050. The van der Waals surface area contributed by atoms with Crippen LogP contribution in [-0.2, 0) is 6.42 Å². The van der Waals surface area contributed by atoms with Crippen molar-refractivity contribution in [3.05, 3.63) is 52.8 Å². The number of para-hydroxylation sites is 1. The number of rotatable bonds is 2. The molecule has 0 N–H and O–H groups in total. The van der Waals surface area contributed by atoms with Gasteiger partial charge in [0.25, 0.3) is 0 Å². The van der Waals surface area contributed by atoms with Crippen molar-refractivity contribution >= 4 is 16.8 Å². The van der Waals surface area contributed by atoms with Gasteiger partial charge < -0.3 is 18.6 Å². The molecular formula is C21H18O5. The van der Waals surface area contributed by atoms with Gasteiger partial charge in [-0.15, -0.1) is 0 Å². The first-order chi connectivity index (χ1) is 12.7. The molecule has 5 nitrogen and oxygen atoms in total. The van der Waals surface area contributed by atoms with Crippen molar-refractivity contribution in [2.45, 2.75) is 25.7 Å². The Morgan fingerprint density at radius 3 is 2.73 bits per heavy atom. The molecule has 0 bridgehead atoms.